The summed E-state index contributed by atoms with van der Waals surface area (Å²) in [6.07, 6.45) is -11.5. The second-order valence-corrected chi connectivity index (χ2v) is 3.63. The SMILES string of the molecule is O=C1CN(C(=O)C(C(F)(F)F)C(F)(F)F)CCN1. The lowest BCUT2D eigenvalue weighted by molar-refractivity contribution is -0.277. The third-order valence-corrected chi connectivity index (χ3v) is 2.25. The fourth-order valence-corrected chi connectivity index (χ4v) is 1.47. The Kier molecular flexibility index (Phi) is 3.77. The molecule has 0 aromatic carbocycles. The van der Waals surface area contributed by atoms with Crippen molar-refractivity contribution >= 4 is 11.8 Å². The van der Waals surface area contributed by atoms with Crippen molar-refractivity contribution in [2.45, 2.75) is 12.4 Å². The van der Waals surface area contributed by atoms with Gasteiger partial charge in [0.15, 0.2) is 0 Å². The highest BCUT2D eigenvalue weighted by atomic mass is 19.4. The Hall–Kier alpha value is -1.48. The minimum Gasteiger partial charge on any atom is -0.353 e. The number of nitrogens with zero attached hydrogens (tertiary/aromatic N) is 1. The molecule has 0 aromatic rings. The van der Waals surface area contributed by atoms with Gasteiger partial charge in [0.2, 0.25) is 17.7 Å². The van der Waals surface area contributed by atoms with Crippen LogP contribution in [0, 0.1) is 5.92 Å². The number of hydrogen-bond acceptors (Lipinski definition) is 2. The second-order valence-electron chi connectivity index (χ2n) is 3.63. The van der Waals surface area contributed by atoms with Crippen molar-refractivity contribution < 1.29 is 35.9 Å². The van der Waals surface area contributed by atoms with Gasteiger partial charge in [0.1, 0.15) is 0 Å². The standard InChI is InChI=1S/C8H8F6N2O2/c9-7(10,11)5(8(12,13)14)6(18)16-2-1-15-4(17)3-16/h5H,1-3H2,(H,15,17). The normalized spacial score (nSPS) is 17.9. The molecule has 0 spiro atoms. The van der Waals surface area contributed by atoms with Gasteiger partial charge >= 0.3 is 12.4 Å². The van der Waals surface area contributed by atoms with Crippen LogP contribution in [0.4, 0.5) is 26.3 Å². The van der Waals surface area contributed by atoms with Crippen molar-refractivity contribution in [2.24, 2.45) is 5.92 Å². The maximum absolute atomic E-state index is 12.3. The van der Waals surface area contributed by atoms with Crippen LogP contribution in [0.2, 0.25) is 0 Å². The van der Waals surface area contributed by atoms with Crippen molar-refractivity contribution in [3.8, 4) is 0 Å². The van der Waals surface area contributed by atoms with Crippen LogP contribution in [0.5, 0.6) is 0 Å². The summed E-state index contributed by atoms with van der Waals surface area (Å²) in [5, 5.41) is 2.19. The van der Waals surface area contributed by atoms with Gasteiger partial charge in [-0.25, -0.2) is 0 Å². The van der Waals surface area contributed by atoms with E-state index >= 15 is 0 Å². The number of halogens is 6. The number of alkyl halides is 6. The van der Waals surface area contributed by atoms with Crippen LogP contribution in [0.3, 0.4) is 0 Å². The van der Waals surface area contributed by atoms with Gasteiger partial charge in [-0.15, -0.1) is 0 Å². The van der Waals surface area contributed by atoms with Gasteiger partial charge in [0.05, 0.1) is 6.54 Å². The van der Waals surface area contributed by atoms with E-state index in [1.54, 1.807) is 0 Å². The number of amides is 2. The first-order chi connectivity index (χ1) is 8.03. The summed E-state index contributed by atoms with van der Waals surface area (Å²) in [4.78, 5) is 22.3. The molecule has 0 unspecified atom stereocenters. The molecule has 1 heterocycles. The Bertz CT molecular complexity index is 336. The smallest absolute Gasteiger partial charge is 0.353 e. The fourth-order valence-electron chi connectivity index (χ4n) is 1.47. The van der Waals surface area contributed by atoms with Crippen molar-refractivity contribution in [2.75, 3.05) is 19.6 Å². The quantitative estimate of drug-likeness (QED) is 0.717. The van der Waals surface area contributed by atoms with Crippen LogP contribution in [0.1, 0.15) is 0 Å². The minimum absolute atomic E-state index is 0.174. The van der Waals surface area contributed by atoms with Gasteiger partial charge in [-0.2, -0.15) is 26.3 Å². The molecule has 1 rings (SSSR count). The molecule has 1 saturated heterocycles. The summed E-state index contributed by atoms with van der Waals surface area (Å²) in [6.45, 7) is -1.36. The first kappa shape index (κ1) is 14.6. The summed E-state index contributed by atoms with van der Waals surface area (Å²) in [7, 11) is 0. The third-order valence-electron chi connectivity index (χ3n) is 2.25. The first-order valence-electron chi connectivity index (χ1n) is 4.72. The van der Waals surface area contributed by atoms with Crippen molar-refractivity contribution in [3.05, 3.63) is 0 Å². The Morgan fingerprint density at radius 2 is 1.67 bits per heavy atom. The topological polar surface area (TPSA) is 49.4 Å². The number of hydrogen-bond donors (Lipinski definition) is 1. The van der Waals surface area contributed by atoms with E-state index in [9.17, 15) is 35.9 Å². The molecular formula is C8H8F6N2O2. The zero-order chi connectivity index (χ0) is 14.1. The molecule has 1 aliphatic heterocycles. The van der Waals surface area contributed by atoms with E-state index < -0.39 is 36.6 Å². The number of piperazine rings is 1. The van der Waals surface area contributed by atoms with Crippen molar-refractivity contribution in [1.82, 2.24) is 10.2 Å². The van der Waals surface area contributed by atoms with Crippen LogP contribution in [0.15, 0.2) is 0 Å². The van der Waals surface area contributed by atoms with Gasteiger partial charge < -0.3 is 10.2 Å². The molecule has 0 saturated carbocycles. The molecule has 0 radical (unpaired) electrons. The Labute approximate surface area is 96.9 Å². The van der Waals surface area contributed by atoms with Crippen molar-refractivity contribution in [1.29, 1.82) is 0 Å². The summed E-state index contributed by atoms with van der Waals surface area (Å²) in [5.41, 5.74) is 0. The lowest BCUT2D eigenvalue weighted by Crippen LogP contribution is -2.56. The molecule has 2 amide bonds. The summed E-state index contributed by atoms with van der Waals surface area (Å²) in [6, 6.07) is 0. The van der Waals surface area contributed by atoms with Gasteiger partial charge in [-0.3, -0.25) is 9.59 Å². The predicted octanol–water partition coefficient (Wildman–Crippen LogP) is 0.686. The molecule has 0 bridgehead atoms. The van der Waals surface area contributed by atoms with Crippen LogP contribution in [-0.2, 0) is 9.59 Å². The molecule has 0 aromatic heterocycles. The average molecular weight is 278 g/mol. The van der Waals surface area contributed by atoms with Gasteiger partial charge in [0.25, 0.3) is 0 Å². The van der Waals surface area contributed by atoms with Crippen LogP contribution >= 0.6 is 0 Å². The second kappa shape index (κ2) is 4.65. The maximum Gasteiger partial charge on any atom is 0.409 e. The van der Waals surface area contributed by atoms with Crippen LogP contribution < -0.4 is 5.32 Å². The van der Waals surface area contributed by atoms with Gasteiger partial charge in [0, 0.05) is 13.1 Å². The van der Waals surface area contributed by atoms with E-state index in [-0.39, 0.29) is 18.0 Å². The number of rotatable bonds is 1. The number of carbonyl (C=O) groups excluding carboxylic acids is 2. The Balaban J connectivity index is 2.93. The highest BCUT2D eigenvalue weighted by Crippen LogP contribution is 2.40. The molecule has 104 valence electrons. The first-order valence-corrected chi connectivity index (χ1v) is 4.72. The van der Waals surface area contributed by atoms with E-state index in [0.29, 0.717) is 0 Å². The van der Waals surface area contributed by atoms with Gasteiger partial charge in [-0.1, -0.05) is 0 Å². The van der Waals surface area contributed by atoms with Crippen LogP contribution in [-0.4, -0.2) is 48.7 Å². The van der Waals surface area contributed by atoms with E-state index in [1.165, 1.54) is 0 Å². The monoisotopic (exact) mass is 278 g/mol. The largest absolute Gasteiger partial charge is 0.409 e. The zero-order valence-electron chi connectivity index (χ0n) is 8.73. The van der Waals surface area contributed by atoms with Gasteiger partial charge in [-0.05, 0) is 0 Å². The minimum atomic E-state index is -5.73. The van der Waals surface area contributed by atoms with Crippen LogP contribution in [0.25, 0.3) is 0 Å². The highest BCUT2D eigenvalue weighted by Gasteiger charge is 2.62. The van der Waals surface area contributed by atoms with E-state index in [0.717, 1.165) is 0 Å². The molecule has 4 nitrogen and oxygen atoms in total. The predicted molar refractivity (Wildman–Crippen MR) is 45.2 cm³/mol. The lowest BCUT2D eigenvalue weighted by atomic mass is 10.1. The van der Waals surface area contributed by atoms with E-state index in [4.69, 9.17) is 0 Å². The third kappa shape index (κ3) is 3.26. The molecule has 1 fully saturated rings. The number of nitrogens with one attached hydrogen (secondary N) is 1. The molecule has 1 N–H and O–H groups in total. The maximum atomic E-state index is 12.3. The molecule has 10 heteroatoms. The fraction of sp³-hybridized carbons (Fsp3) is 0.750. The number of carbonyl (C=O) groups is 2. The molecular weight excluding hydrogens is 270 g/mol. The van der Waals surface area contributed by atoms with E-state index in [2.05, 4.69) is 5.32 Å². The highest BCUT2D eigenvalue weighted by molar-refractivity contribution is 5.87. The summed E-state index contributed by atoms with van der Waals surface area (Å²) >= 11 is 0. The molecule has 0 atom stereocenters. The molecule has 0 aliphatic carbocycles. The molecule has 18 heavy (non-hydrogen) atoms. The Morgan fingerprint density at radius 1 is 1.17 bits per heavy atom. The lowest BCUT2D eigenvalue weighted by Gasteiger charge is -2.31. The summed E-state index contributed by atoms with van der Waals surface area (Å²) < 4.78 is 73.5. The average Bonchev–Trinajstić information content (AvgIpc) is 2.12. The van der Waals surface area contributed by atoms with E-state index in [1.807, 2.05) is 0 Å². The van der Waals surface area contributed by atoms with Crippen molar-refractivity contribution in [3.63, 3.8) is 0 Å². The Morgan fingerprint density at radius 3 is 2.06 bits per heavy atom. The molecule has 1 aliphatic rings. The summed E-state index contributed by atoms with van der Waals surface area (Å²) in [5.74, 6) is -7.03. The zero-order valence-corrected chi connectivity index (χ0v) is 8.73.